The van der Waals surface area contributed by atoms with E-state index in [9.17, 15) is 0 Å². The molecule has 0 saturated heterocycles. The van der Waals surface area contributed by atoms with Crippen LogP contribution in [0.5, 0.6) is 0 Å². The number of nitrogens with zero attached hydrogens (tertiary/aromatic N) is 2. The van der Waals surface area contributed by atoms with Gasteiger partial charge in [-0.2, -0.15) is 5.10 Å². The van der Waals surface area contributed by atoms with Gasteiger partial charge in [0.15, 0.2) is 0 Å². The number of nitrogens with one attached hydrogen (secondary N) is 1. The number of rotatable bonds is 6. The lowest BCUT2D eigenvalue weighted by molar-refractivity contribution is 0.501. The molecule has 14 heavy (non-hydrogen) atoms. The second kappa shape index (κ2) is 5.81. The van der Waals surface area contributed by atoms with Gasteiger partial charge in [-0.25, -0.2) is 0 Å². The third kappa shape index (κ3) is 3.92. The van der Waals surface area contributed by atoms with Crippen LogP contribution in [0.2, 0.25) is 0 Å². The largest absolute Gasteiger partial charge is 0.316 e. The first-order valence-electron chi connectivity index (χ1n) is 5.41. The van der Waals surface area contributed by atoms with E-state index in [1.54, 1.807) is 0 Å². The minimum absolute atomic E-state index is 0.777. The Morgan fingerprint density at radius 3 is 2.93 bits per heavy atom. The standard InChI is InChI=1S/C11H21N3/c1-4-10(2)9-12-7-5-11-6-8-14(3)13-11/h6,8,10,12H,4-5,7,9H2,1-3H3. The van der Waals surface area contributed by atoms with Gasteiger partial charge in [-0.15, -0.1) is 0 Å². The fraction of sp³-hybridized carbons (Fsp3) is 0.727. The van der Waals surface area contributed by atoms with Crippen LogP contribution in [0.3, 0.4) is 0 Å². The molecule has 0 saturated carbocycles. The van der Waals surface area contributed by atoms with E-state index in [1.165, 1.54) is 12.1 Å². The SMILES string of the molecule is CCC(C)CNCCc1ccn(C)n1. The van der Waals surface area contributed by atoms with Gasteiger partial charge in [0.1, 0.15) is 0 Å². The van der Waals surface area contributed by atoms with E-state index in [2.05, 4.69) is 30.3 Å². The Bertz CT molecular complexity index is 255. The topological polar surface area (TPSA) is 29.9 Å². The first kappa shape index (κ1) is 11.2. The van der Waals surface area contributed by atoms with E-state index < -0.39 is 0 Å². The first-order chi connectivity index (χ1) is 6.72. The fourth-order valence-corrected chi connectivity index (χ4v) is 1.31. The summed E-state index contributed by atoms with van der Waals surface area (Å²) in [6.07, 6.45) is 4.26. The summed E-state index contributed by atoms with van der Waals surface area (Å²) in [5.74, 6) is 0.777. The van der Waals surface area contributed by atoms with Crippen molar-refractivity contribution in [3.05, 3.63) is 18.0 Å². The molecule has 0 radical (unpaired) electrons. The monoisotopic (exact) mass is 195 g/mol. The molecule has 1 atom stereocenters. The minimum Gasteiger partial charge on any atom is -0.316 e. The van der Waals surface area contributed by atoms with Gasteiger partial charge in [0.25, 0.3) is 0 Å². The highest BCUT2D eigenvalue weighted by Crippen LogP contribution is 1.98. The van der Waals surface area contributed by atoms with Crippen molar-refractivity contribution in [1.29, 1.82) is 0 Å². The number of aromatic nitrogens is 2. The molecule has 0 aliphatic carbocycles. The van der Waals surface area contributed by atoms with E-state index in [-0.39, 0.29) is 0 Å². The van der Waals surface area contributed by atoms with Gasteiger partial charge in [0.05, 0.1) is 5.69 Å². The van der Waals surface area contributed by atoms with Gasteiger partial charge >= 0.3 is 0 Å². The molecule has 1 aromatic heterocycles. The molecular formula is C11H21N3. The van der Waals surface area contributed by atoms with Crippen molar-refractivity contribution in [3.63, 3.8) is 0 Å². The second-order valence-corrected chi connectivity index (χ2v) is 3.95. The van der Waals surface area contributed by atoms with E-state index in [0.29, 0.717) is 0 Å². The minimum atomic E-state index is 0.777. The summed E-state index contributed by atoms with van der Waals surface area (Å²) < 4.78 is 1.85. The highest BCUT2D eigenvalue weighted by atomic mass is 15.2. The average Bonchev–Trinajstić information content (AvgIpc) is 2.58. The average molecular weight is 195 g/mol. The van der Waals surface area contributed by atoms with Crippen LogP contribution in [0.15, 0.2) is 12.3 Å². The van der Waals surface area contributed by atoms with Crippen molar-refractivity contribution in [2.75, 3.05) is 13.1 Å². The first-order valence-corrected chi connectivity index (χ1v) is 5.41. The predicted molar refractivity (Wildman–Crippen MR) is 59.2 cm³/mol. The Kier molecular flexibility index (Phi) is 4.66. The van der Waals surface area contributed by atoms with Crippen molar-refractivity contribution < 1.29 is 0 Å². The summed E-state index contributed by atoms with van der Waals surface area (Å²) in [4.78, 5) is 0. The molecule has 1 rings (SSSR count). The van der Waals surface area contributed by atoms with Gasteiger partial charge in [0, 0.05) is 26.2 Å². The summed E-state index contributed by atoms with van der Waals surface area (Å²) >= 11 is 0. The highest BCUT2D eigenvalue weighted by molar-refractivity contribution is 4.98. The van der Waals surface area contributed by atoms with Gasteiger partial charge in [-0.3, -0.25) is 4.68 Å². The van der Waals surface area contributed by atoms with Crippen LogP contribution in [0.1, 0.15) is 26.0 Å². The van der Waals surface area contributed by atoms with Crippen LogP contribution in [0, 0.1) is 5.92 Å². The van der Waals surface area contributed by atoms with Crippen molar-refractivity contribution in [2.45, 2.75) is 26.7 Å². The Hall–Kier alpha value is -0.830. The third-order valence-corrected chi connectivity index (χ3v) is 2.52. The van der Waals surface area contributed by atoms with Gasteiger partial charge in [-0.05, 0) is 18.5 Å². The zero-order valence-electron chi connectivity index (χ0n) is 9.45. The molecule has 0 spiro atoms. The molecular weight excluding hydrogens is 174 g/mol. The Balaban J connectivity index is 2.10. The highest BCUT2D eigenvalue weighted by Gasteiger charge is 1.99. The fourth-order valence-electron chi connectivity index (χ4n) is 1.31. The summed E-state index contributed by atoms with van der Waals surface area (Å²) in [6.45, 7) is 6.64. The molecule has 0 aliphatic heterocycles. The lowest BCUT2D eigenvalue weighted by Crippen LogP contribution is -2.23. The Morgan fingerprint density at radius 1 is 1.57 bits per heavy atom. The molecule has 0 amide bonds. The Morgan fingerprint density at radius 2 is 2.36 bits per heavy atom. The van der Waals surface area contributed by atoms with E-state index in [0.717, 1.165) is 25.4 Å². The molecule has 0 fully saturated rings. The van der Waals surface area contributed by atoms with Crippen molar-refractivity contribution in [2.24, 2.45) is 13.0 Å². The summed E-state index contributed by atoms with van der Waals surface area (Å²) in [7, 11) is 1.95. The third-order valence-electron chi connectivity index (χ3n) is 2.52. The molecule has 0 aliphatic rings. The Labute approximate surface area is 86.5 Å². The van der Waals surface area contributed by atoms with Crippen LogP contribution in [-0.2, 0) is 13.5 Å². The van der Waals surface area contributed by atoms with E-state index >= 15 is 0 Å². The van der Waals surface area contributed by atoms with Gasteiger partial charge in [0.2, 0.25) is 0 Å². The molecule has 0 aromatic carbocycles. The number of hydrogen-bond donors (Lipinski definition) is 1. The second-order valence-electron chi connectivity index (χ2n) is 3.95. The molecule has 3 nitrogen and oxygen atoms in total. The molecule has 3 heteroatoms. The van der Waals surface area contributed by atoms with Gasteiger partial charge in [-0.1, -0.05) is 20.3 Å². The maximum absolute atomic E-state index is 4.32. The normalized spacial score (nSPS) is 13.1. The van der Waals surface area contributed by atoms with Gasteiger partial charge < -0.3 is 5.32 Å². The van der Waals surface area contributed by atoms with Crippen molar-refractivity contribution >= 4 is 0 Å². The lowest BCUT2D eigenvalue weighted by Gasteiger charge is -2.08. The lowest BCUT2D eigenvalue weighted by atomic mass is 10.1. The van der Waals surface area contributed by atoms with Crippen LogP contribution >= 0.6 is 0 Å². The summed E-state index contributed by atoms with van der Waals surface area (Å²) in [5.41, 5.74) is 1.17. The molecule has 80 valence electrons. The molecule has 1 heterocycles. The summed E-state index contributed by atoms with van der Waals surface area (Å²) in [6, 6.07) is 2.07. The molecule has 1 N–H and O–H groups in total. The zero-order valence-corrected chi connectivity index (χ0v) is 9.45. The van der Waals surface area contributed by atoms with Crippen molar-refractivity contribution in [3.8, 4) is 0 Å². The predicted octanol–water partition coefficient (Wildman–Crippen LogP) is 1.60. The quantitative estimate of drug-likeness (QED) is 0.699. The smallest absolute Gasteiger partial charge is 0.0637 e. The van der Waals surface area contributed by atoms with Crippen LogP contribution in [0.4, 0.5) is 0 Å². The maximum Gasteiger partial charge on any atom is 0.0637 e. The summed E-state index contributed by atoms with van der Waals surface area (Å²) in [5, 5.41) is 7.77. The van der Waals surface area contributed by atoms with Crippen LogP contribution < -0.4 is 5.32 Å². The van der Waals surface area contributed by atoms with E-state index in [1.807, 2.05) is 17.9 Å². The van der Waals surface area contributed by atoms with E-state index in [4.69, 9.17) is 0 Å². The number of aryl methyl sites for hydroxylation is 1. The van der Waals surface area contributed by atoms with Crippen molar-refractivity contribution in [1.82, 2.24) is 15.1 Å². The zero-order chi connectivity index (χ0) is 10.4. The number of hydrogen-bond acceptors (Lipinski definition) is 2. The molecule has 0 bridgehead atoms. The molecule has 1 unspecified atom stereocenters. The molecule has 1 aromatic rings. The maximum atomic E-state index is 4.32. The van der Waals surface area contributed by atoms with Crippen LogP contribution in [0.25, 0.3) is 0 Å². The van der Waals surface area contributed by atoms with Crippen LogP contribution in [-0.4, -0.2) is 22.9 Å².